The van der Waals surface area contributed by atoms with E-state index < -0.39 is 0 Å². The van der Waals surface area contributed by atoms with Gasteiger partial charge in [-0.2, -0.15) is 0 Å². The average Bonchev–Trinajstić information content (AvgIpc) is 2.32. The summed E-state index contributed by atoms with van der Waals surface area (Å²) in [7, 11) is 3.30. The molecule has 0 aliphatic carbocycles. The summed E-state index contributed by atoms with van der Waals surface area (Å²) in [5.74, 6) is 0. The van der Waals surface area contributed by atoms with Crippen LogP contribution in [0.5, 0.6) is 0 Å². The molecule has 13 heavy (non-hydrogen) atoms. The molecule has 0 atom stereocenters. The van der Waals surface area contributed by atoms with Crippen molar-refractivity contribution in [3.63, 3.8) is 0 Å². The number of imidazole rings is 1. The lowest BCUT2D eigenvalue weighted by Crippen LogP contribution is -2.19. The molecule has 1 N–H and O–H groups in total. The molecule has 0 radical (unpaired) electrons. The maximum Gasteiger partial charge on any atom is 0.329 e. The predicted molar refractivity (Wildman–Crippen MR) is 48.8 cm³/mol. The van der Waals surface area contributed by atoms with Crippen molar-refractivity contribution in [2.24, 2.45) is 14.1 Å². The number of rotatable bonds is 0. The van der Waals surface area contributed by atoms with Crippen LogP contribution in [0.2, 0.25) is 0 Å². The second-order valence-corrected chi connectivity index (χ2v) is 2.96. The second kappa shape index (κ2) is 2.35. The Morgan fingerprint density at radius 3 is 2.54 bits per heavy atom. The number of fused-ring (bicyclic) bond motifs is 1. The topological polar surface area (TPSA) is 59.8 Å². The van der Waals surface area contributed by atoms with Crippen LogP contribution < -0.4 is 11.2 Å². The van der Waals surface area contributed by atoms with E-state index in [-0.39, 0.29) is 11.2 Å². The van der Waals surface area contributed by atoms with Gasteiger partial charge in [0, 0.05) is 20.2 Å². The molecule has 2 heterocycles. The minimum Gasteiger partial charge on any atom is -0.307 e. The van der Waals surface area contributed by atoms with Gasteiger partial charge in [-0.3, -0.25) is 13.9 Å². The highest BCUT2D eigenvalue weighted by molar-refractivity contribution is 5.70. The quantitative estimate of drug-likeness (QED) is 0.596. The molecule has 0 saturated heterocycles. The summed E-state index contributed by atoms with van der Waals surface area (Å²) in [6.45, 7) is 0. The monoisotopic (exact) mass is 179 g/mol. The molecule has 0 fully saturated rings. The number of hydrogen-bond acceptors (Lipinski definition) is 2. The van der Waals surface area contributed by atoms with Crippen molar-refractivity contribution >= 4 is 11.2 Å². The Balaban J connectivity index is 3.12. The standard InChI is InChI=1S/C8H9N3O2/c1-10-5-3-4-6(12)9-7(5)11(2)8(10)13/h3-4H,1-2H3,(H,9,12). The van der Waals surface area contributed by atoms with E-state index in [2.05, 4.69) is 4.98 Å². The highest BCUT2D eigenvalue weighted by atomic mass is 16.2. The Kier molecular flexibility index (Phi) is 1.42. The van der Waals surface area contributed by atoms with E-state index >= 15 is 0 Å². The van der Waals surface area contributed by atoms with Crippen molar-refractivity contribution in [1.29, 1.82) is 0 Å². The van der Waals surface area contributed by atoms with E-state index in [1.807, 2.05) is 0 Å². The SMILES string of the molecule is Cn1c(=O)n(C)c2[nH]c(=O)ccc21. The second-order valence-electron chi connectivity index (χ2n) is 2.96. The maximum atomic E-state index is 11.4. The van der Waals surface area contributed by atoms with E-state index in [4.69, 9.17) is 0 Å². The highest BCUT2D eigenvalue weighted by Crippen LogP contribution is 2.03. The Labute approximate surface area is 73.2 Å². The first-order chi connectivity index (χ1) is 6.11. The van der Waals surface area contributed by atoms with Gasteiger partial charge < -0.3 is 4.98 Å². The molecule has 0 aliphatic rings. The van der Waals surface area contributed by atoms with Gasteiger partial charge in [0.1, 0.15) is 5.65 Å². The molecule has 0 spiro atoms. The minimum absolute atomic E-state index is 0.142. The van der Waals surface area contributed by atoms with Gasteiger partial charge in [-0.25, -0.2) is 4.79 Å². The Bertz CT molecular complexity index is 573. The Hall–Kier alpha value is -1.78. The first-order valence-corrected chi connectivity index (χ1v) is 3.86. The summed E-state index contributed by atoms with van der Waals surface area (Å²) in [4.78, 5) is 25.0. The fourth-order valence-corrected chi connectivity index (χ4v) is 1.41. The van der Waals surface area contributed by atoms with Crippen LogP contribution in [0.4, 0.5) is 0 Å². The van der Waals surface area contributed by atoms with E-state index in [9.17, 15) is 9.59 Å². The minimum atomic E-state index is -0.200. The molecule has 2 aromatic rings. The third kappa shape index (κ3) is 0.932. The van der Waals surface area contributed by atoms with Crippen LogP contribution in [-0.4, -0.2) is 14.1 Å². The molecule has 0 amide bonds. The number of hydrogen-bond donors (Lipinski definition) is 1. The molecule has 5 nitrogen and oxygen atoms in total. The smallest absolute Gasteiger partial charge is 0.307 e. The molecule has 68 valence electrons. The van der Waals surface area contributed by atoms with Crippen LogP contribution in [0.1, 0.15) is 0 Å². The zero-order chi connectivity index (χ0) is 9.59. The molecule has 2 rings (SSSR count). The lowest BCUT2D eigenvalue weighted by molar-refractivity contribution is 0.791. The number of aromatic amines is 1. The van der Waals surface area contributed by atoms with Gasteiger partial charge >= 0.3 is 5.69 Å². The normalized spacial score (nSPS) is 10.9. The number of nitrogens with zero attached hydrogens (tertiary/aromatic N) is 2. The van der Waals surface area contributed by atoms with Crippen molar-refractivity contribution < 1.29 is 0 Å². The van der Waals surface area contributed by atoms with E-state index in [1.165, 1.54) is 15.2 Å². The molecule has 5 heteroatoms. The third-order valence-electron chi connectivity index (χ3n) is 2.15. The van der Waals surface area contributed by atoms with Crippen LogP contribution in [-0.2, 0) is 14.1 Å². The van der Waals surface area contributed by atoms with Gasteiger partial charge in [0.2, 0.25) is 5.56 Å². The molecule has 0 aliphatic heterocycles. The summed E-state index contributed by atoms with van der Waals surface area (Å²) < 4.78 is 2.90. The van der Waals surface area contributed by atoms with Crippen LogP contribution in [0.3, 0.4) is 0 Å². The van der Waals surface area contributed by atoms with Crippen molar-refractivity contribution in [1.82, 2.24) is 14.1 Å². The van der Waals surface area contributed by atoms with Gasteiger partial charge in [-0.05, 0) is 6.07 Å². The number of aromatic nitrogens is 3. The number of pyridine rings is 1. The molecule has 0 saturated carbocycles. The summed E-state index contributed by atoms with van der Waals surface area (Å²) in [5.41, 5.74) is 0.942. The van der Waals surface area contributed by atoms with Crippen LogP contribution in [0, 0.1) is 0 Å². The predicted octanol–water partition coefficient (Wildman–Crippen LogP) is -0.435. The Morgan fingerprint density at radius 2 is 1.85 bits per heavy atom. The average molecular weight is 179 g/mol. The molecule has 0 bridgehead atoms. The lowest BCUT2D eigenvalue weighted by Gasteiger charge is -1.91. The van der Waals surface area contributed by atoms with Gasteiger partial charge in [-0.15, -0.1) is 0 Å². The largest absolute Gasteiger partial charge is 0.329 e. The van der Waals surface area contributed by atoms with Crippen LogP contribution in [0.25, 0.3) is 11.2 Å². The zero-order valence-electron chi connectivity index (χ0n) is 7.37. The van der Waals surface area contributed by atoms with Gasteiger partial charge in [0.05, 0.1) is 5.52 Å². The van der Waals surface area contributed by atoms with Crippen molar-refractivity contribution in [3.05, 3.63) is 33.0 Å². The summed E-state index contributed by atoms with van der Waals surface area (Å²) in [6.07, 6.45) is 0. The summed E-state index contributed by atoms with van der Waals surface area (Å²) in [6, 6.07) is 3.04. The molecular formula is C8H9N3O2. The van der Waals surface area contributed by atoms with Gasteiger partial charge in [0.15, 0.2) is 0 Å². The fraction of sp³-hybridized carbons (Fsp3) is 0.250. The van der Waals surface area contributed by atoms with Crippen molar-refractivity contribution in [2.45, 2.75) is 0 Å². The molecule has 0 aromatic carbocycles. The van der Waals surface area contributed by atoms with Crippen molar-refractivity contribution in [3.8, 4) is 0 Å². The van der Waals surface area contributed by atoms with E-state index in [0.29, 0.717) is 5.65 Å². The molecular weight excluding hydrogens is 170 g/mol. The molecule has 0 unspecified atom stereocenters. The third-order valence-corrected chi connectivity index (χ3v) is 2.15. The maximum absolute atomic E-state index is 11.4. The van der Waals surface area contributed by atoms with Crippen molar-refractivity contribution in [2.75, 3.05) is 0 Å². The first kappa shape index (κ1) is 7.85. The molecule has 2 aromatic heterocycles. The van der Waals surface area contributed by atoms with Crippen LogP contribution >= 0.6 is 0 Å². The lowest BCUT2D eigenvalue weighted by atomic mass is 10.4. The van der Waals surface area contributed by atoms with E-state index in [0.717, 1.165) is 5.52 Å². The highest BCUT2D eigenvalue weighted by Gasteiger charge is 2.06. The van der Waals surface area contributed by atoms with Gasteiger partial charge in [-0.1, -0.05) is 0 Å². The summed E-state index contributed by atoms with van der Waals surface area (Å²) in [5, 5.41) is 0. The first-order valence-electron chi connectivity index (χ1n) is 3.86. The number of nitrogens with one attached hydrogen (secondary N) is 1. The fourth-order valence-electron chi connectivity index (χ4n) is 1.41. The number of H-pyrrole nitrogens is 1. The summed E-state index contributed by atoms with van der Waals surface area (Å²) >= 11 is 0. The Morgan fingerprint density at radius 1 is 1.15 bits per heavy atom. The zero-order valence-corrected chi connectivity index (χ0v) is 7.37. The van der Waals surface area contributed by atoms with E-state index in [1.54, 1.807) is 20.2 Å². The van der Waals surface area contributed by atoms with Gasteiger partial charge in [0.25, 0.3) is 0 Å². The van der Waals surface area contributed by atoms with Crippen LogP contribution in [0.15, 0.2) is 21.7 Å². The number of aryl methyl sites for hydroxylation is 2.